The molecule has 0 aliphatic rings. The van der Waals surface area contributed by atoms with E-state index in [1.807, 2.05) is 31.3 Å². The van der Waals surface area contributed by atoms with Crippen LogP contribution in [0, 0.1) is 0 Å². The van der Waals surface area contributed by atoms with Gasteiger partial charge in [0, 0.05) is 25.0 Å². The third-order valence-electron chi connectivity index (χ3n) is 2.94. The monoisotopic (exact) mass is 287 g/mol. The number of rotatable bonds is 7. The third kappa shape index (κ3) is 4.59. The number of pyridine rings is 1. The molecule has 1 atom stereocenters. The SMILES string of the molecule is CCCNc1cccc(C(=O)NC(C)Cn2cccn2)n1. The maximum atomic E-state index is 12.2. The van der Waals surface area contributed by atoms with Gasteiger partial charge < -0.3 is 10.6 Å². The third-order valence-corrected chi connectivity index (χ3v) is 2.94. The van der Waals surface area contributed by atoms with Crippen LogP contribution in [0.4, 0.5) is 5.82 Å². The molecule has 2 aromatic rings. The molecule has 0 fully saturated rings. The van der Waals surface area contributed by atoms with E-state index >= 15 is 0 Å². The second-order valence-corrected chi connectivity index (χ2v) is 4.94. The fraction of sp³-hybridized carbons (Fsp3) is 0.400. The lowest BCUT2D eigenvalue weighted by molar-refractivity contribution is 0.0931. The fourth-order valence-electron chi connectivity index (χ4n) is 1.95. The zero-order chi connectivity index (χ0) is 15.1. The van der Waals surface area contributed by atoms with Gasteiger partial charge in [0.05, 0.1) is 6.54 Å². The summed E-state index contributed by atoms with van der Waals surface area (Å²) in [4.78, 5) is 16.5. The van der Waals surface area contributed by atoms with Crippen LogP contribution in [-0.2, 0) is 6.54 Å². The van der Waals surface area contributed by atoms with Crippen molar-refractivity contribution in [1.82, 2.24) is 20.1 Å². The molecule has 0 aliphatic heterocycles. The van der Waals surface area contributed by atoms with Crippen molar-refractivity contribution in [2.24, 2.45) is 0 Å². The van der Waals surface area contributed by atoms with Crippen LogP contribution in [0.15, 0.2) is 36.7 Å². The highest BCUT2D eigenvalue weighted by Gasteiger charge is 2.12. The summed E-state index contributed by atoms with van der Waals surface area (Å²) in [6, 6.07) is 7.25. The molecule has 0 spiro atoms. The molecule has 0 radical (unpaired) electrons. The Balaban J connectivity index is 1.93. The second kappa shape index (κ2) is 7.42. The molecule has 2 N–H and O–H groups in total. The van der Waals surface area contributed by atoms with E-state index in [0.717, 1.165) is 18.8 Å². The Labute approximate surface area is 124 Å². The first-order chi connectivity index (χ1) is 10.2. The Hall–Kier alpha value is -2.37. The molecule has 21 heavy (non-hydrogen) atoms. The smallest absolute Gasteiger partial charge is 0.270 e. The number of aromatic nitrogens is 3. The van der Waals surface area contributed by atoms with Gasteiger partial charge in [-0.2, -0.15) is 5.10 Å². The van der Waals surface area contributed by atoms with Crippen LogP contribution in [0.1, 0.15) is 30.8 Å². The highest BCUT2D eigenvalue weighted by molar-refractivity contribution is 5.92. The number of amides is 1. The minimum Gasteiger partial charge on any atom is -0.370 e. The van der Waals surface area contributed by atoms with Crippen molar-refractivity contribution >= 4 is 11.7 Å². The molecule has 0 saturated heterocycles. The molecule has 112 valence electrons. The van der Waals surface area contributed by atoms with E-state index in [0.29, 0.717) is 12.2 Å². The maximum absolute atomic E-state index is 12.2. The number of hydrogen-bond acceptors (Lipinski definition) is 4. The summed E-state index contributed by atoms with van der Waals surface area (Å²) < 4.78 is 1.79. The average molecular weight is 287 g/mol. The topological polar surface area (TPSA) is 71.8 Å². The molecule has 0 bridgehead atoms. The number of carbonyl (C=O) groups is 1. The Morgan fingerprint density at radius 3 is 2.95 bits per heavy atom. The summed E-state index contributed by atoms with van der Waals surface area (Å²) in [5, 5.41) is 10.2. The van der Waals surface area contributed by atoms with Gasteiger partial charge in [-0.15, -0.1) is 0 Å². The lowest BCUT2D eigenvalue weighted by Crippen LogP contribution is -2.36. The molecule has 1 unspecified atom stereocenters. The summed E-state index contributed by atoms with van der Waals surface area (Å²) >= 11 is 0. The molecule has 2 aromatic heterocycles. The number of nitrogens with one attached hydrogen (secondary N) is 2. The summed E-state index contributed by atoms with van der Waals surface area (Å²) in [5.41, 5.74) is 0.420. The second-order valence-electron chi connectivity index (χ2n) is 4.94. The maximum Gasteiger partial charge on any atom is 0.270 e. The Morgan fingerprint density at radius 2 is 2.24 bits per heavy atom. The van der Waals surface area contributed by atoms with Crippen molar-refractivity contribution < 1.29 is 4.79 Å². The zero-order valence-electron chi connectivity index (χ0n) is 12.4. The van der Waals surface area contributed by atoms with E-state index in [1.165, 1.54) is 0 Å². The van der Waals surface area contributed by atoms with Crippen molar-refractivity contribution in [2.45, 2.75) is 32.9 Å². The number of nitrogens with zero attached hydrogens (tertiary/aromatic N) is 3. The molecular weight excluding hydrogens is 266 g/mol. The van der Waals surface area contributed by atoms with Crippen LogP contribution in [-0.4, -0.2) is 33.3 Å². The molecule has 0 saturated carbocycles. The molecular formula is C15H21N5O. The van der Waals surface area contributed by atoms with Crippen molar-refractivity contribution in [3.8, 4) is 0 Å². The standard InChI is InChI=1S/C15H21N5O/c1-3-8-16-14-7-4-6-13(19-14)15(21)18-12(2)11-20-10-5-9-17-20/h4-7,9-10,12H,3,8,11H2,1-2H3,(H,16,19)(H,18,21). The Morgan fingerprint density at radius 1 is 1.38 bits per heavy atom. The van der Waals surface area contributed by atoms with Crippen LogP contribution < -0.4 is 10.6 Å². The Kier molecular flexibility index (Phi) is 5.31. The van der Waals surface area contributed by atoms with E-state index in [4.69, 9.17) is 0 Å². The van der Waals surface area contributed by atoms with Crippen LogP contribution >= 0.6 is 0 Å². The van der Waals surface area contributed by atoms with Crippen molar-refractivity contribution in [3.63, 3.8) is 0 Å². The van der Waals surface area contributed by atoms with Gasteiger partial charge >= 0.3 is 0 Å². The molecule has 6 nitrogen and oxygen atoms in total. The van der Waals surface area contributed by atoms with E-state index < -0.39 is 0 Å². The molecule has 1 amide bonds. The number of carbonyl (C=O) groups excluding carboxylic acids is 1. The van der Waals surface area contributed by atoms with E-state index in [1.54, 1.807) is 16.9 Å². The molecule has 0 aliphatic carbocycles. The van der Waals surface area contributed by atoms with E-state index in [9.17, 15) is 4.79 Å². The average Bonchev–Trinajstić information content (AvgIpc) is 2.98. The first-order valence-corrected chi connectivity index (χ1v) is 7.18. The van der Waals surface area contributed by atoms with Gasteiger partial charge in [0.25, 0.3) is 5.91 Å². The van der Waals surface area contributed by atoms with Gasteiger partial charge in [-0.25, -0.2) is 4.98 Å². The van der Waals surface area contributed by atoms with Gasteiger partial charge in [-0.3, -0.25) is 9.48 Å². The normalized spacial score (nSPS) is 11.9. The summed E-state index contributed by atoms with van der Waals surface area (Å²) in [6.45, 7) is 5.50. The predicted octanol–water partition coefficient (Wildman–Crippen LogP) is 1.92. The van der Waals surface area contributed by atoms with Crippen LogP contribution in [0.3, 0.4) is 0 Å². The van der Waals surface area contributed by atoms with Gasteiger partial charge in [0.15, 0.2) is 0 Å². The van der Waals surface area contributed by atoms with Crippen molar-refractivity contribution in [2.75, 3.05) is 11.9 Å². The van der Waals surface area contributed by atoms with E-state index in [-0.39, 0.29) is 11.9 Å². The largest absolute Gasteiger partial charge is 0.370 e. The van der Waals surface area contributed by atoms with Gasteiger partial charge in [0.1, 0.15) is 11.5 Å². The molecule has 6 heteroatoms. The quantitative estimate of drug-likeness (QED) is 0.816. The van der Waals surface area contributed by atoms with Crippen molar-refractivity contribution in [3.05, 3.63) is 42.4 Å². The highest BCUT2D eigenvalue weighted by Crippen LogP contribution is 2.05. The molecule has 2 rings (SSSR count). The highest BCUT2D eigenvalue weighted by atomic mass is 16.1. The van der Waals surface area contributed by atoms with Crippen LogP contribution in [0.5, 0.6) is 0 Å². The first-order valence-electron chi connectivity index (χ1n) is 7.18. The molecule has 0 aromatic carbocycles. The summed E-state index contributed by atoms with van der Waals surface area (Å²) in [6.07, 6.45) is 4.61. The summed E-state index contributed by atoms with van der Waals surface area (Å²) in [5.74, 6) is 0.555. The van der Waals surface area contributed by atoms with Gasteiger partial charge in [-0.1, -0.05) is 13.0 Å². The summed E-state index contributed by atoms with van der Waals surface area (Å²) in [7, 11) is 0. The number of anilines is 1. The van der Waals surface area contributed by atoms with Crippen LogP contribution in [0.25, 0.3) is 0 Å². The van der Waals surface area contributed by atoms with Crippen molar-refractivity contribution in [1.29, 1.82) is 0 Å². The van der Waals surface area contributed by atoms with Gasteiger partial charge in [0.2, 0.25) is 0 Å². The predicted molar refractivity (Wildman–Crippen MR) is 82.2 cm³/mol. The first kappa shape index (κ1) is 15.0. The zero-order valence-corrected chi connectivity index (χ0v) is 12.4. The lowest BCUT2D eigenvalue weighted by Gasteiger charge is -2.14. The van der Waals surface area contributed by atoms with Gasteiger partial charge in [-0.05, 0) is 31.5 Å². The Bertz CT molecular complexity index is 567. The minimum atomic E-state index is -0.171. The minimum absolute atomic E-state index is 0.0218. The lowest BCUT2D eigenvalue weighted by atomic mass is 10.3. The fourth-order valence-corrected chi connectivity index (χ4v) is 1.95. The van der Waals surface area contributed by atoms with Crippen LogP contribution in [0.2, 0.25) is 0 Å². The molecule has 2 heterocycles. The van der Waals surface area contributed by atoms with E-state index in [2.05, 4.69) is 27.6 Å². The number of hydrogen-bond donors (Lipinski definition) is 2.